The van der Waals surface area contributed by atoms with E-state index in [0.717, 1.165) is 5.56 Å². The van der Waals surface area contributed by atoms with Gasteiger partial charge in [0, 0.05) is 30.6 Å². The number of carbonyl (C=O) groups excluding carboxylic acids is 2. The van der Waals surface area contributed by atoms with Crippen molar-refractivity contribution < 1.29 is 22.7 Å². The highest BCUT2D eigenvalue weighted by Crippen LogP contribution is 2.18. The summed E-state index contributed by atoms with van der Waals surface area (Å²) in [5, 5.41) is 0. The molecule has 27 heavy (non-hydrogen) atoms. The van der Waals surface area contributed by atoms with Crippen LogP contribution in [-0.4, -0.2) is 50.6 Å². The molecule has 0 bridgehead atoms. The van der Waals surface area contributed by atoms with Crippen LogP contribution in [0.3, 0.4) is 0 Å². The second-order valence-electron chi connectivity index (χ2n) is 6.39. The molecule has 0 atom stereocenters. The Hall–Kier alpha value is -2.35. The minimum atomic E-state index is -3.54. The molecule has 1 aliphatic rings. The lowest BCUT2D eigenvalue weighted by Gasteiger charge is -2.26. The second-order valence-corrected chi connectivity index (χ2v) is 8.33. The van der Waals surface area contributed by atoms with Crippen LogP contribution in [0.1, 0.15) is 33.2 Å². The van der Waals surface area contributed by atoms with Crippen molar-refractivity contribution >= 4 is 21.6 Å². The monoisotopic (exact) mass is 387 g/mol. The first-order valence-corrected chi connectivity index (χ1v) is 10.1. The number of nitrogens with zero attached hydrogens (tertiary/aromatic N) is 1. The highest BCUT2D eigenvalue weighted by Gasteiger charge is 2.26. The maximum absolute atomic E-state index is 12.6. The summed E-state index contributed by atoms with van der Waals surface area (Å²) in [6.45, 7) is 2.96. The van der Waals surface area contributed by atoms with Crippen LogP contribution in [0.2, 0.25) is 0 Å². The molecular formula is C20H21NO5S. The molecule has 2 aromatic carbocycles. The minimum absolute atomic E-state index is 0.0499. The van der Waals surface area contributed by atoms with Gasteiger partial charge in [-0.1, -0.05) is 36.4 Å². The number of ketones is 2. The molecule has 1 fully saturated rings. The van der Waals surface area contributed by atoms with Crippen LogP contribution in [0.25, 0.3) is 0 Å². The number of benzene rings is 2. The Morgan fingerprint density at radius 1 is 0.926 bits per heavy atom. The van der Waals surface area contributed by atoms with Gasteiger partial charge in [0.2, 0.25) is 10.0 Å². The van der Waals surface area contributed by atoms with Crippen LogP contribution in [0.4, 0.5) is 0 Å². The molecule has 1 heterocycles. The Bertz CT molecular complexity index is 927. The highest BCUT2D eigenvalue weighted by atomic mass is 32.2. The third-order valence-electron chi connectivity index (χ3n) is 4.51. The van der Waals surface area contributed by atoms with Crippen molar-refractivity contribution in [3.05, 3.63) is 65.2 Å². The van der Waals surface area contributed by atoms with Crippen LogP contribution >= 0.6 is 0 Å². The van der Waals surface area contributed by atoms with E-state index < -0.39 is 10.0 Å². The molecule has 7 heteroatoms. The maximum Gasteiger partial charge on any atom is 0.243 e. The lowest BCUT2D eigenvalue weighted by Crippen LogP contribution is -2.40. The number of rotatable bonds is 6. The largest absolute Gasteiger partial charge is 0.379 e. The second kappa shape index (κ2) is 8.12. The van der Waals surface area contributed by atoms with E-state index in [1.807, 2.05) is 0 Å². The number of hydrogen-bond acceptors (Lipinski definition) is 5. The topological polar surface area (TPSA) is 80.8 Å². The van der Waals surface area contributed by atoms with Crippen LogP contribution in [-0.2, 0) is 21.2 Å². The lowest BCUT2D eigenvalue weighted by molar-refractivity contribution is 0.0730. The molecular weight excluding hydrogens is 366 g/mol. The molecule has 0 aliphatic carbocycles. The van der Waals surface area contributed by atoms with E-state index in [0.29, 0.717) is 37.4 Å². The van der Waals surface area contributed by atoms with Crippen molar-refractivity contribution in [3.63, 3.8) is 0 Å². The molecule has 3 rings (SSSR count). The molecule has 1 saturated heterocycles. The van der Waals surface area contributed by atoms with Gasteiger partial charge in [-0.2, -0.15) is 4.31 Å². The smallest absolute Gasteiger partial charge is 0.243 e. The van der Waals surface area contributed by atoms with Crippen molar-refractivity contribution in [3.8, 4) is 0 Å². The molecule has 0 spiro atoms. The van der Waals surface area contributed by atoms with Gasteiger partial charge in [-0.05, 0) is 24.6 Å². The van der Waals surface area contributed by atoms with E-state index in [4.69, 9.17) is 4.74 Å². The summed E-state index contributed by atoms with van der Waals surface area (Å²) in [6.07, 6.45) is 0.164. The fraction of sp³-hybridized carbons (Fsp3) is 0.300. The maximum atomic E-state index is 12.6. The van der Waals surface area contributed by atoms with Crippen molar-refractivity contribution in [2.75, 3.05) is 26.3 Å². The zero-order valence-corrected chi connectivity index (χ0v) is 15.9. The normalized spacial score (nSPS) is 15.4. The Morgan fingerprint density at radius 2 is 1.48 bits per heavy atom. The highest BCUT2D eigenvalue weighted by molar-refractivity contribution is 7.89. The van der Waals surface area contributed by atoms with E-state index in [2.05, 4.69) is 0 Å². The molecule has 0 radical (unpaired) electrons. The van der Waals surface area contributed by atoms with Gasteiger partial charge in [0.1, 0.15) is 0 Å². The summed E-state index contributed by atoms with van der Waals surface area (Å²) in [5.74, 6) is -0.139. The first-order chi connectivity index (χ1) is 12.9. The molecule has 1 aliphatic heterocycles. The van der Waals surface area contributed by atoms with Gasteiger partial charge in [-0.15, -0.1) is 0 Å². The zero-order chi connectivity index (χ0) is 19.4. The number of sulfonamides is 1. The van der Waals surface area contributed by atoms with E-state index in [1.165, 1.54) is 23.4 Å². The Balaban J connectivity index is 1.70. The first-order valence-electron chi connectivity index (χ1n) is 8.69. The summed E-state index contributed by atoms with van der Waals surface area (Å²) in [5.41, 5.74) is 1.81. The zero-order valence-electron chi connectivity index (χ0n) is 15.1. The molecule has 0 amide bonds. The average molecular weight is 387 g/mol. The molecule has 0 unspecified atom stereocenters. The molecule has 2 aromatic rings. The van der Waals surface area contributed by atoms with Gasteiger partial charge < -0.3 is 4.74 Å². The molecule has 6 nitrogen and oxygen atoms in total. The quantitative estimate of drug-likeness (QED) is 0.711. The summed E-state index contributed by atoms with van der Waals surface area (Å²) < 4.78 is 31.8. The summed E-state index contributed by atoms with van der Waals surface area (Å²) in [6, 6.07) is 12.9. The number of hydrogen-bond donors (Lipinski definition) is 0. The van der Waals surface area contributed by atoms with Crippen LogP contribution < -0.4 is 0 Å². The molecule has 142 valence electrons. The van der Waals surface area contributed by atoms with E-state index in [1.54, 1.807) is 36.4 Å². The minimum Gasteiger partial charge on any atom is -0.379 e. The van der Waals surface area contributed by atoms with Crippen molar-refractivity contribution in [1.82, 2.24) is 4.31 Å². The molecule has 0 aromatic heterocycles. The van der Waals surface area contributed by atoms with E-state index in [-0.39, 0.29) is 22.9 Å². The average Bonchev–Trinajstić information content (AvgIpc) is 2.69. The van der Waals surface area contributed by atoms with Crippen LogP contribution in [0, 0.1) is 0 Å². The lowest BCUT2D eigenvalue weighted by atomic mass is 10.0. The van der Waals surface area contributed by atoms with Gasteiger partial charge in [-0.3, -0.25) is 9.59 Å². The standard InChI is InChI=1S/C20H21NO5S/c1-15(22)17-4-6-18(7-5-17)20(23)14-16-2-8-19(9-3-16)27(24,25)21-10-12-26-13-11-21/h2-9H,10-14H2,1H3. The van der Waals surface area contributed by atoms with Crippen molar-refractivity contribution in [1.29, 1.82) is 0 Å². The Kier molecular flexibility index (Phi) is 5.84. The number of carbonyl (C=O) groups is 2. The fourth-order valence-corrected chi connectivity index (χ4v) is 4.30. The van der Waals surface area contributed by atoms with E-state index >= 15 is 0 Å². The molecule has 0 N–H and O–H groups in total. The predicted molar refractivity (Wildman–Crippen MR) is 101 cm³/mol. The van der Waals surface area contributed by atoms with Crippen molar-refractivity contribution in [2.45, 2.75) is 18.2 Å². The number of ether oxygens (including phenoxy) is 1. The van der Waals surface area contributed by atoms with Gasteiger partial charge >= 0.3 is 0 Å². The van der Waals surface area contributed by atoms with Crippen LogP contribution in [0.15, 0.2) is 53.4 Å². The van der Waals surface area contributed by atoms with E-state index in [9.17, 15) is 18.0 Å². The van der Waals surface area contributed by atoms with Crippen molar-refractivity contribution in [2.24, 2.45) is 0 Å². The van der Waals surface area contributed by atoms with Gasteiger partial charge in [0.25, 0.3) is 0 Å². The Morgan fingerprint density at radius 3 is 2.04 bits per heavy atom. The fourth-order valence-electron chi connectivity index (χ4n) is 2.89. The third kappa shape index (κ3) is 4.50. The Labute approximate surface area is 158 Å². The molecule has 0 saturated carbocycles. The van der Waals surface area contributed by atoms with Crippen LogP contribution in [0.5, 0.6) is 0 Å². The predicted octanol–water partition coefficient (Wildman–Crippen LogP) is 2.34. The first kappa shape index (κ1) is 19.4. The van der Waals surface area contributed by atoms with Gasteiger partial charge in [-0.25, -0.2) is 8.42 Å². The number of Topliss-reactive ketones (excluding diaryl/α,β-unsaturated/α-hetero) is 2. The SMILES string of the molecule is CC(=O)c1ccc(C(=O)Cc2ccc(S(=O)(=O)N3CCOCC3)cc2)cc1. The summed E-state index contributed by atoms with van der Waals surface area (Å²) in [4.78, 5) is 23.9. The number of morpholine rings is 1. The van der Waals surface area contributed by atoms with Gasteiger partial charge in [0.05, 0.1) is 18.1 Å². The summed E-state index contributed by atoms with van der Waals surface area (Å²) in [7, 11) is -3.54. The third-order valence-corrected chi connectivity index (χ3v) is 6.42. The van der Waals surface area contributed by atoms with Gasteiger partial charge in [0.15, 0.2) is 11.6 Å². The summed E-state index contributed by atoms with van der Waals surface area (Å²) >= 11 is 0.